The Bertz CT molecular complexity index is 3240. The molecule has 0 radical (unpaired) electrons. The highest BCUT2D eigenvalue weighted by Gasteiger charge is 2.19. The fourth-order valence-electron chi connectivity index (χ4n) is 8.59. The molecule has 0 saturated heterocycles. The van der Waals surface area contributed by atoms with Crippen LogP contribution in [0.2, 0.25) is 0 Å². The van der Waals surface area contributed by atoms with Crippen molar-refractivity contribution in [1.29, 1.82) is 0 Å². The molecule has 0 aliphatic carbocycles. The van der Waals surface area contributed by atoms with Crippen LogP contribution in [-0.4, -0.2) is 0 Å². The summed E-state index contributed by atoms with van der Waals surface area (Å²) in [4.78, 5) is 2.42. The average molecular weight is 730 g/mol. The number of para-hydroxylation sites is 1. The van der Waals surface area contributed by atoms with Crippen LogP contribution >= 0.6 is 11.3 Å². The number of fused-ring (bicyclic) bond motifs is 8. The molecule has 0 unspecified atom stereocenters. The third kappa shape index (κ3) is 5.46. The van der Waals surface area contributed by atoms with Crippen LogP contribution in [0.1, 0.15) is 0 Å². The predicted octanol–water partition coefficient (Wildman–Crippen LogP) is 16.0. The topological polar surface area (TPSA) is 3.24 Å². The van der Waals surface area contributed by atoms with Gasteiger partial charge in [-0.15, -0.1) is 11.3 Å². The van der Waals surface area contributed by atoms with E-state index >= 15 is 0 Å². The van der Waals surface area contributed by atoms with Gasteiger partial charge in [0, 0.05) is 37.1 Å². The second-order valence-electron chi connectivity index (χ2n) is 14.5. The zero-order valence-corrected chi connectivity index (χ0v) is 31.4. The standard InChI is InChI=1S/C54H35NS/c1-2-12-37(13-3-1)45-17-6-8-21-50(45)55(44-16-10-15-42(34-44)47-20-11-23-52-54(47)48-19-7-9-22-51(48)56-52)43-32-30-36(31-33-43)41-29-26-39-25-28-40-27-24-38-14-4-5-18-46(38)53(40)49(39)35-41/h1-35H. The minimum Gasteiger partial charge on any atom is -0.310 e. The summed E-state index contributed by atoms with van der Waals surface area (Å²) < 4.78 is 2.63. The van der Waals surface area contributed by atoms with Gasteiger partial charge in [-0.2, -0.15) is 0 Å². The van der Waals surface area contributed by atoms with Gasteiger partial charge < -0.3 is 4.90 Å². The van der Waals surface area contributed by atoms with Crippen LogP contribution < -0.4 is 4.90 Å². The lowest BCUT2D eigenvalue weighted by Gasteiger charge is -2.28. The molecule has 0 saturated carbocycles. The van der Waals surface area contributed by atoms with Crippen molar-refractivity contribution in [3.63, 3.8) is 0 Å². The minimum atomic E-state index is 1.10. The van der Waals surface area contributed by atoms with Crippen LogP contribution in [0.4, 0.5) is 17.1 Å². The number of rotatable bonds is 6. The van der Waals surface area contributed by atoms with E-state index in [0.717, 1.165) is 17.1 Å². The van der Waals surface area contributed by atoms with Gasteiger partial charge in [0.25, 0.3) is 0 Å². The molecule has 11 rings (SSSR count). The van der Waals surface area contributed by atoms with Gasteiger partial charge in [-0.05, 0) is 109 Å². The molecule has 1 heterocycles. The molecule has 56 heavy (non-hydrogen) atoms. The number of hydrogen-bond acceptors (Lipinski definition) is 2. The summed E-state index contributed by atoms with van der Waals surface area (Å²) in [7, 11) is 0. The molecule has 0 bridgehead atoms. The first-order valence-electron chi connectivity index (χ1n) is 19.2. The van der Waals surface area contributed by atoms with Crippen molar-refractivity contribution in [2.75, 3.05) is 4.90 Å². The summed E-state index contributed by atoms with van der Waals surface area (Å²) in [6.45, 7) is 0. The third-order valence-electron chi connectivity index (χ3n) is 11.2. The molecule has 0 fully saturated rings. The Balaban J connectivity index is 1.06. The molecule has 0 aliphatic rings. The molecule has 0 spiro atoms. The lowest BCUT2D eigenvalue weighted by atomic mass is 9.94. The van der Waals surface area contributed by atoms with Crippen LogP contribution in [0, 0.1) is 0 Å². The SMILES string of the molecule is c1ccc(-c2ccccc2N(c2ccc(-c3ccc4ccc5ccc6ccccc6c5c4c3)cc2)c2cccc(-c3cccc4sc5ccccc5c34)c2)cc1. The van der Waals surface area contributed by atoms with Crippen molar-refractivity contribution in [2.45, 2.75) is 0 Å². The van der Waals surface area contributed by atoms with E-state index in [-0.39, 0.29) is 0 Å². The molecule has 10 aromatic carbocycles. The molecular formula is C54H35NS. The predicted molar refractivity (Wildman–Crippen MR) is 243 cm³/mol. The minimum absolute atomic E-state index is 1.10. The first-order valence-corrected chi connectivity index (χ1v) is 20.0. The maximum atomic E-state index is 2.42. The van der Waals surface area contributed by atoms with E-state index in [9.17, 15) is 0 Å². The second kappa shape index (κ2) is 13.4. The van der Waals surface area contributed by atoms with Gasteiger partial charge in [0.2, 0.25) is 0 Å². The monoisotopic (exact) mass is 729 g/mol. The van der Waals surface area contributed by atoms with E-state index in [1.54, 1.807) is 0 Å². The summed E-state index contributed by atoms with van der Waals surface area (Å²) >= 11 is 1.86. The number of anilines is 3. The van der Waals surface area contributed by atoms with Crippen LogP contribution in [0.5, 0.6) is 0 Å². The average Bonchev–Trinajstić information content (AvgIpc) is 3.66. The lowest BCUT2D eigenvalue weighted by molar-refractivity contribution is 1.28. The Morgan fingerprint density at radius 3 is 1.80 bits per heavy atom. The molecule has 1 nitrogen and oxygen atoms in total. The highest BCUT2D eigenvalue weighted by molar-refractivity contribution is 7.25. The van der Waals surface area contributed by atoms with Crippen LogP contribution in [-0.2, 0) is 0 Å². The van der Waals surface area contributed by atoms with Crippen LogP contribution in [0.15, 0.2) is 212 Å². The van der Waals surface area contributed by atoms with E-state index in [2.05, 4.69) is 217 Å². The molecule has 0 aliphatic heterocycles. The summed E-state index contributed by atoms with van der Waals surface area (Å²) in [6.07, 6.45) is 0. The van der Waals surface area contributed by atoms with Crippen molar-refractivity contribution in [2.24, 2.45) is 0 Å². The number of hydrogen-bond donors (Lipinski definition) is 0. The highest BCUT2D eigenvalue weighted by atomic mass is 32.1. The lowest BCUT2D eigenvalue weighted by Crippen LogP contribution is -2.11. The first kappa shape index (κ1) is 32.4. The fourth-order valence-corrected chi connectivity index (χ4v) is 9.73. The normalized spacial score (nSPS) is 11.6. The number of benzene rings is 10. The van der Waals surface area contributed by atoms with Crippen molar-refractivity contribution in [3.05, 3.63) is 212 Å². The van der Waals surface area contributed by atoms with Gasteiger partial charge >= 0.3 is 0 Å². The van der Waals surface area contributed by atoms with Gasteiger partial charge in [-0.25, -0.2) is 0 Å². The van der Waals surface area contributed by atoms with Crippen molar-refractivity contribution in [3.8, 4) is 33.4 Å². The quantitative estimate of drug-likeness (QED) is 0.154. The maximum Gasteiger partial charge on any atom is 0.0540 e. The summed E-state index contributed by atoms with van der Waals surface area (Å²) in [5.41, 5.74) is 10.6. The van der Waals surface area contributed by atoms with Gasteiger partial charge in [0.1, 0.15) is 0 Å². The molecular weight excluding hydrogens is 695 g/mol. The molecule has 262 valence electrons. The maximum absolute atomic E-state index is 2.42. The first-order chi connectivity index (χ1) is 27.8. The Kier molecular flexibility index (Phi) is 7.75. The molecule has 0 amide bonds. The van der Waals surface area contributed by atoms with Crippen LogP contribution in [0.3, 0.4) is 0 Å². The molecule has 11 aromatic rings. The van der Waals surface area contributed by atoms with Crippen molar-refractivity contribution >= 4 is 80.9 Å². The van der Waals surface area contributed by atoms with Crippen LogP contribution in [0.25, 0.3) is 85.9 Å². The van der Waals surface area contributed by atoms with E-state index in [4.69, 9.17) is 0 Å². The van der Waals surface area contributed by atoms with Gasteiger partial charge in [-0.3, -0.25) is 0 Å². The fraction of sp³-hybridized carbons (Fsp3) is 0. The van der Waals surface area contributed by atoms with Crippen molar-refractivity contribution in [1.82, 2.24) is 0 Å². The van der Waals surface area contributed by atoms with Crippen molar-refractivity contribution < 1.29 is 0 Å². The van der Waals surface area contributed by atoms with E-state index in [1.807, 2.05) is 11.3 Å². The van der Waals surface area contributed by atoms with E-state index in [0.29, 0.717) is 0 Å². The summed E-state index contributed by atoms with van der Waals surface area (Å²) in [5, 5.41) is 10.3. The van der Waals surface area contributed by atoms with E-state index < -0.39 is 0 Å². The second-order valence-corrected chi connectivity index (χ2v) is 15.6. The zero-order valence-electron chi connectivity index (χ0n) is 30.6. The molecule has 0 atom stereocenters. The number of thiophene rings is 1. The smallest absolute Gasteiger partial charge is 0.0540 e. The molecule has 2 heteroatoms. The highest BCUT2D eigenvalue weighted by Crippen LogP contribution is 2.45. The Hall–Kier alpha value is -7.00. The largest absolute Gasteiger partial charge is 0.310 e. The molecule has 1 aromatic heterocycles. The van der Waals surface area contributed by atoms with E-state index in [1.165, 1.54) is 85.9 Å². The summed E-state index contributed by atoms with van der Waals surface area (Å²) in [5.74, 6) is 0. The Labute approximate surface area is 330 Å². The Morgan fingerprint density at radius 1 is 0.304 bits per heavy atom. The third-order valence-corrected chi connectivity index (χ3v) is 12.4. The summed E-state index contributed by atoms with van der Waals surface area (Å²) in [6, 6.07) is 77.7. The zero-order chi connectivity index (χ0) is 37.0. The van der Waals surface area contributed by atoms with Gasteiger partial charge in [0.15, 0.2) is 0 Å². The molecule has 0 N–H and O–H groups in total. The Morgan fingerprint density at radius 2 is 0.929 bits per heavy atom. The van der Waals surface area contributed by atoms with Gasteiger partial charge in [0.05, 0.1) is 5.69 Å². The van der Waals surface area contributed by atoms with Gasteiger partial charge in [-0.1, -0.05) is 164 Å². The number of nitrogens with zero attached hydrogens (tertiary/aromatic N) is 1.